The molecule has 2 rings (SSSR count). The molecule has 7 heteroatoms. The third-order valence-corrected chi connectivity index (χ3v) is 5.31. The number of benzene rings is 1. The Labute approximate surface area is 150 Å². The van der Waals surface area contributed by atoms with Crippen molar-refractivity contribution in [2.24, 2.45) is 11.8 Å². The van der Waals surface area contributed by atoms with E-state index in [0.717, 1.165) is 0 Å². The van der Waals surface area contributed by atoms with Crippen LogP contribution in [0.5, 0.6) is 0 Å². The lowest BCUT2D eigenvalue weighted by Crippen LogP contribution is -2.44. The van der Waals surface area contributed by atoms with E-state index < -0.39 is 23.5 Å². The van der Waals surface area contributed by atoms with Crippen LogP contribution in [0.4, 0.5) is 13.2 Å². The van der Waals surface area contributed by atoms with E-state index in [0.29, 0.717) is 18.4 Å². The highest BCUT2D eigenvalue weighted by Crippen LogP contribution is 2.40. The molecule has 1 aliphatic rings. The number of hydrogen-bond donors (Lipinski definition) is 2. The van der Waals surface area contributed by atoms with Crippen LogP contribution in [-0.4, -0.2) is 29.7 Å². The summed E-state index contributed by atoms with van der Waals surface area (Å²) in [6, 6.07) is 8.63. The minimum absolute atomic E-state index is 0.0539. The first kappa shape index (κ1) is 20.3. The van der Waals surface area contributed by atoms with Crippen LogP contribution in [0.15, 0.2) is 30.3 Å². The minimum atomic E-state index is -4.16. The summed E-state index contributed by atoms with van der Waals surface area (Å²) in [5.41, 5.74) is -0.677. The van der Waals surface area contributed by atoms with Gasteiger partial charge < -0.3 is 10.4 Å². The van der Waals surface area contributed by atoms with Crippen molar-refractivity contribution in [3.63, 3.8) is 0 Å². The van der Waals surface area contributed by atoms with Gasteiger partial charge in [-0.2, -0.15) is 13.2 Å². The Morgan fingerprint density at radius 2 is 1.69 bits per heavy atom. The Morgan fingerprint density at radius 1 is 1.12 bits per heavy atom. The molecule has 0 spiro atoms. The van der Waals surface area contributed by atoms with E-state index in [1.807, 2.05) is 0 Å². The first-order valence-corrected chi connectivity index (χ1v) is 8.75. The zero-order valence-electron chi connectivity index (χ0n) is 14.7. The predicted octanol–water partition coefficient (Wildman–Crippen LogP) is 3.90. The molecule has 26 heavy (non-hydrogen) atoms. The van der Waals surface area contributed by atoms with Gasteiger partial charge in [-0.15, -0.1) is 0 Å². The van der Waals surface area contributed by atoms with Gasteiger partial charge in [0, 0.05) is 13.0 Å². The smallest absolute Gasteiger partial charge is 0.391 e. The van der Waals surface area contributed by atoms with Crippen molar-refractivity contribution in [2.45, 2.75) is 50.6 Å². The van der Waals surface area contributed by atoms with Crippen molar-refractivity contribution in [2.75, 3.05) is 6.54 Å². The molecule has 0 heterocycles. The normalized spacial score (nSPS) is 23.1. The zero-order chi connectivity index (χ0) is 19.4. The quantitative estimate of drug-likeness (QED) is 0.797. The molecule has 0 radical (unpaired) electrons. The second-order valence-electron chi connectivity index (χ2n) is 7.24. The van der Waals surface area contributed by atoms with E-state index in [1.54, 1.807) is 37.3 Å². The number of hydrogen-bond acceptors (Lipinski definition) is 2. The monoisotopic (exact) mass is 371 g/mol. The topological polar surface area (TPSA) is 66.4 Å². The van der Waals surface area contributed by atoms with Gasteiger partial charge in [0.25, 0.3) is 0 Å². The molecule has 1 aromatic carbocycles. The van der Waals surface area contributed by atoms with E-state index in [2.05, 4.69) is 5.32 Å². The number of carboxylic acids is 1. The average Bonchev–Trinajstić information content (AvgIpc) is 2.60. The fourth-order valence-electron chi connectivity index (χ4n) is 3.41. The molecule has 144 valence electrons. The Bertz CT molecular complexity index is 625. The number of halogens is 3. The molecule has 1 saturated carbocycles. The number of amides is 1. The maximum atomic E-state index is 12.7. The molecule has 4 nitrogen and oxygen atoms in total. The second-order valence-corrected chi connectivity index (χ2v) is 7.24. The fourth-order valence-corrected chi connectivity index (χ4v) is 3.41. The summed E-state index contributed by atoms with van der Waals surface area (Å²) in [4.78, 5) is 23.9. The summed E-state index contributed by atoms with van der Waals surface area (Å²) < 4.78 is 38.1. The van der Waals surface area contributed by atoms with Crippen LogP contribution in [-0.2, 0) is 15.0 Å². The molecule has 0 saturated heterocycles. The number of alkyl halides is 3. The van der Waals surface area contributed by atoms with Crippen molar-refractivity contribution < 1.29 is 27.9 Å². The van der Waals surface area contributed by atoms with Crippen molar-refractivity contribution in [1.29, 1.82) is 0 Å². The first-order chi connectivity index (χ1) is 12.1. The highest BCUT2D eigenvalue weighted by molar-refractivity contribution is 5.83. The molecule has 0 aromatic heterocycles. The molecular formula is C19H24F3NO3. The summed E-state index contributed by atoms with van der Waals surface area (Å²) in [5, 5.41) is 12.2. The molecule has 1 aliphatic carbocycles. The average molecular weight is 371 g/mol. The number of carbonyl (C=O) groups is 2. The van der Waals surface area contributed by atoms with Crippen molar-refractivity contribution in [3.05, 3.63) is 35.9 Å². The minimum Gasteiger partial charge on any atom is -0.481 e. The van der Waals surface area contributed by atoms with E-state index in [-0.39, 0.29) is 37.6 Å². The third-order valence-electron chi connectivity index (χ3n) is 5.31. The Morgan fingerprint density at radius 3 is 2.19 bits per heavy atom. The summed E-state index contributed by atoms with van der Waals surface area (Å²) in [6.07, 6.45) is -3.18. The van der Waals surface area contributed by atoms with Gasteiger partial charge in [0.1, 0.15) is 5.41 Å². The van der Waals surface area contributed by atoms with Gasteiger partial charge in [0.05, 0.1) is 5.92 Å². The molecule has 0 aliphatic heterocycles. The van der Waals surface area contributed by atoms with Crippen LogP contribution in [0.1, 0.15) is 44.6 Å². The lowest BCUT2D eigenvalue weighted by molar-refractivity contribution is -0.184. The molecule has 1 fully saturated rings. The van der Waals surface area contributed by atoms with Crippen LogP contribution >= 0.6 is 0 Å². The molecule has 1 amide bonds. The Kier molecular flexibility index (Phi) is 6.31. The first-order valence-electron chi connectivity index (χ1n) is 8.75. The Balaban J connectivity index is 1.87. The molecule has 2 N–H and O–H groups in total. The number of rotatable bonds is 6. The maximum absolute atomic E-state index is 12.7. The van der Waals surface area contributed by atoms with Crippen LogP contribution in [0.25, 0.3) is 0 Å². The van der Waals surface area contributed by atoms with Gasteiger partial charge in [0.2, 0.25) is 5.91 Å². The molecule has 1 unspecified atom stereocenters. The highest BCUT2D eigenvalue weighted by atomic mass is 19.4. The molecule has 0 bridgehead atoms. The summed E-state index contributed by atoms with van der Waals surface area (Å²) in [6.45, 7) is 1.47. The number of aliphatic carboxylic acids is 1. The van der Waals surface area contributed by atoms with Crippen molar-refractivity contribution in [3.8, 4) is 0 Å². The third kappa shape index (κ3) is 4.99. The zero-order valence-corrected chi connectivity index (χ0v) is 14.7. The van der Waals surface area contributed by atoms with E-state index in [9.17, 15) is 27.9 Å². The van der Waals surface area contributed by atoms with Crippen molar-refractivity contribution in [1.82, 2.24) is 5.32 Å². The van der Waals surface area contributed by atoms with E-state index in [4.69, 9.17) is 0 Å². The van der Waals surface area contributed by atoms with Crippen LogP contribution in [0.2, 0.25) is 0 Å². The van der Waals surface area contributed by atoms with Crippen molar-refractivity contribution >= 4 is 11.9 Å². The predicted molar refractivity (Wildman–Crippen MR) is 90.6 cm³/mol. The van der Waals surface area contributed by atoms with Gasteiger partial charge in [-0.25, -0.2) is 0 Å². The molecular weight excluding hydrogens is 347 g/mol. The number of nitrogens with one attached hydrogen (secondary N) is 1. The summed E-state index contributed by atoms with van der Waals surface area (Å²) >= 11 is 0. The van der Waals surface area contributed by atoms with Crippen LogP contribution < -0.4 is 5.32 Å². The lowest BCUT2D eigenvalue weighted by Gasteiger charge is -2.30. The van der Waals surface area contributed by atoms with Gasteiger partial charge in [-0.1, -0.05) is 30.3 Å². The molecule has 1 atom stereocenters. The van der Waals surface area contributed by atoms with E-state index >= 15 is 0 Å². The highest BCUT2D eigenvalue weighted by Gasteiger charge is 2.41. The van der Waals surface area contributed by atoms with E-state index in [1.165, 1.54) is 0 Å². The van der Waals surface area contributed by atoms with Gasteiger partial charge >= 0.3 is 12.1 Å². The largest absolute Gasteiger partial charge is 0.481 e. The SMILES string of the molecule is CC(CNC(=O)CC1CCC(C(F)(F)F)CC1)(C(=O)O)c1ccccc1. The summed E-state index contributed by atoms with van der Waals surface area (Å²) in [7, 11) is 0. The molecule has 1 aromatic rings. The van der Waals surface area contributed by atoms with Crippen LogP contribution in [0.3, 0.4) is 0 Å². The Hall–Kier alpha value is -2.05. The lowest BCUT2D eigenvalue weighted by atomic mass is 9.80. The number of carboxylic acid groups (broad SMARTS) is 1. The maximum Gasteiger partial charge on any atom is 0.391 e. The summed E-state index contributed by atoms with van der Waals surface area (Å²) in [5.74, 6) is -2.71. The fraction of sp³-hybridized carbons (Fsp3) is 0.579. The number of carbonyl (C=O) groups excluding carboxylic acids is 1. The standard InChI is InChI=1S/C19H24F3NO3/c1-18(17(25)26,14-5-3-2-4-6-14)12-23-16(24)11-13-7-9-15(10-8-13)19(20,21)22/h2-6,13,15H,7-12H2,1H3,(H,23,24)(H,25,26). The second kappa shape index (κ2) is 8.10. The van der Waals surface area contributed by atoms with Gasteiger partial charge in [-0.3, -0.25) is 9.59 Å². The van der Waals surface area contributed by atoms with Gasteiger partial charge in [0.15, 0.2) is 0 Å². The van der Waals surface area contributed by atoms with Crippen LogP contribution in [0, 0.1) is 11.8 Å². The van der Waals surface area contributed by atoms with Gasteiger partial charge in [-0.05, 0) is 44.1 Å².